The summed E-state index contributed by atoms with van der Waals surface area (Å²) in [5.41, 5.74) is 1.17. The van der Waals surface area contributed by atoms with Gasteiger partial charge in [-0.25, -0.2) is 9.37 Å². The third-order valence-electron chi connectivity index (χ3n) is 5.09. The average Bonchev–Trinajstić information content (AvgIpc) is 3.20. The van der Waals surface area contributed by atoms with Crippen LogP contribution in [0.5, 0.6) is 0 Å². The highest BCUT2D eigenvalue weighted by atomic mass is 32.1. The number of fused-ring (bicyclic) bond motifs is 1. The lowest BCUT2D eigenvalue weighted by Crippen LogP contribution is -2.36. The van der Waals surface area contributed by atoms with E-state index in [0.717, 1.165) is 5.56 Å². The maximum atomic E-state index is 15.1. The Morgan fingerprint density at radius 1 is 1.19 bits per heavy atom. The quantitative estimate of drug-likeness (QED) is 0.496. The maximum Gasteiger partial charge on any atom is 0.230 e. The van der Waals surface area contributed by atoms with Crippen molar-refractivity contribution in [1.82, 2.24) is 20.5 Å². The zero-order valence-corrected chi connectivity index (χ0v) is 17.1. The summed E-state index contributed by atoms with van der Waals surface area (Å²) in [7, 11) is 0. The van der Waals surface area contributed by atoms with Gasteiger partial charge >= 0.3 is 0 Å². The van der Waals surface area contributed by atoms with Crippen molar-refractivity contribution in [2.75, 3.05) is 0 Å². The van der Waals surface area contributed by atoms with E-state index in [0.29, 0.717) is 39.5 Å². The van der Waals surface area contributed by atoms with E-state index in [2.05, 4.69) is 26.6 Å². The molecule has 1 fully saturated rings. The summed E-state index contributed by atoms with van der Waals surface area (Å²) in [6.45, 7) is 0. The van der Waals surface area contributed by atoms with Gasteiger partial charge in [0, 0.05) is 5.56 Å². The second kappa shape index (κ2) is 7.56. The molecule has 0 saturated heterocycles. The SMILES string of the molecule is N#CC1(NC(=O)Cc2nnc(Cc3nc4ccc(-c5ccccc5)c(F)c4s3)o2)CC1. The van der Waals surface area contributed by atoms with Gasteiger partial charge in [0.05, 0.1) is 22.7 Å². The number of nitriles is 1. The van der Waals surface area contributed by atoms with Crippen LogP contribution in [-0.4, -0.2) is 26.6 Å². The number of amides is 1. The summed E-state index contributed by atoms with van der Waals surface area (Å²) in [6.07, 6.45) is 1.47. The summed E-state index contributed by atoms with van der Waals surface area (Å²) in [6, 6.07) is 15.0. The van der Waals surface area contributed by atoms with E-state index in [1.54, 1.807) is 12.1 Å². The molecular weight excluding hydrogens is 417 g/mol. The topological polar surface area (TPSA) is 105 Å². The van der Waals surface area contributed by atoms with Gasteiger partial charge in [-0.2, -0.15) is 5.26 Å². The molecule has 2 aromatic carbocycles. The lowest BCUT2D eigenvalue weighted by molar-refractivity contribution is -0.121. The van der Waals surface area contributed by atoms with Crippen molar-refractivity contribution in [1.29, 1.82) is 5.26 Å². The summed E-state index contributed by atoms with van der Waals surface area (Å²) in [4.78, 5) is 16.5. The first kappa shape index (κ1) is 19.3. The molecule has 5 rings (SSSR count). The van der Waals surface area contributed by atoms with Crippen LogP contribution in [0.2, 0.25) is 0 Å². The maximum absolute atomic E-state index is 15.1. The first-order valence-corrected chi connectivity index (χ1v) is 10.5. The largest absolute Gasteiger partial charge is 0.424 e. The molecule has 154 valence electrons. The highest BCUT2D eigenvalue weighted by molar-refractivity contribution is 7.18. The zero-order valence-electron chi connectivity index (χ0n) is 16.3. The Hall–Kier alpha value is -3.64. The van der Waals surface area contributed by atoms with Crippen LogP contribution in [0, 0.1) is 17.1 Å². The number of nitrogens with zero attached hydrogens (tertiary/aromatic N) is 4. The Balaban J connectivity index is 1.31. The fraction of sp³-hybridized carbons (Fsp3) is 0.227. The highest BCUT2D eigenvalue weighted by Crippen LogP contribution is 2.34. The molecule has 0 atom stereocenters. The molecule has 2 aromatic heterocycles. The van der Waals surface area contributed by atoms with Gasteiger partial charge in [0.15, 0.2) is 0 Å². The molecule has 1 amide bonds. The van der Waals surface area contributed by atoms with Crippen molar-refractivity contribution in [3.63, 3.8) is 0 Å². The van der Waals surface area contributed by atoms with Crippen LogP contribution in [0.15, 0.2) is 46.9 Å². The highest BCUT2D eigenvalue weighted by Gasteiger charge is 2.44. The average molecular weight is 433 g/mol. The Bertz CT molecular complexity index is 1320. The molecule has 0 radical (unpaired) electrons. The molecule has 0 spiro atoms. The molecule has 7 nitrogen and oxygen atoms in total. The summed E-state index contributed by atoms with van der Waals surface area (Å²) in [5, 5.41) is 20.2. The van der Waals surface area contributed by atoms with Crippen LogP contribution < -0.4 is 5.32 Å². The standard InChI is InChI=1S/C22H16FN5O2S/c23-20-14(13-4-2-1-3-5-13)6-7-15-21(20)31-19(25-15)11-18-28-27-17(30-18)10-16(29)26-22(12-24)8-9-22/h1-7H,8-11H2,(H,26,29). The van der Waals surface area contributed by atoms with Crippen LogP contribution in [0.25, 0.3) is 21.3 Å². The van der Waals surface area contributed by atoms with Crippen molar-refractivity contribution in [3.8, 4) is 17.2 Å². The summed E-state index contributed by atoms with van der Waals surface area (Å²) < 4.78 is 21.1. The molecule has 9 heteroatoms. The predicted molar refractivity (Wildman–Crippen MR) is 112 cm³/mol. The van der Waals surface area contributed by atoms with Crippen LogP contribution in [0.1, 0.15) is 29.6 Å². The van der Waals surface area contributed by atoms with Crippen molar-refractivity contribution in [2.45, 2.75) is 31.2 Å². The van der Waals surface area contributed by atoms with Crippen LogP contribution in [0.4, 0.5) is 4.39 Å². The van der Waals surface area contributed by atoms with Crippen molar-refractivity contribution in [2.24, 2.45) is 0 Å². The molecule has 1 aliphatic rings. The van der Waals surface area contributed by atoms with Crippen molar-refractivity contribution < 1.29 is 13.6 Å². The van der Waals surface area contributed by atoms with Gasteiger partial charge in [-0.3, -0.25) is 4.79 Å². The van der Waals surface area contributed by atoms with Gasteiger partial charge in [-0.1, -0.05) is 30.3 Å². The number of carbonyl (C=O) groups excluding carboxylic acids is 1. The molecule has 31 heavy (non-hydrogen) atoms. The van der Waals surface area contributed by atoms with Gasteiger partial charge in [0.2, 0.25) is 17.7 Å². The predicted octanol–water partition coefficient (Wildman–Crippen LogP) is 3.79. The Kier molecular flexibility index (Phi) is 4.71. The van der Waals surface area contributed by atoms with Gasteiger partial charge in [0.1, 0.15) is 22.8 Å². The molecule has 1 saturated carbocycles. The van der Waals surface area contributed by atoms with E-state index in [1.165, 1.54) is 11.3 Å². The van der Waals surface area contributed by atoms with Gasteiger partial charge in [-0.05, 0) is 30.5 Å². The number of hydrogen-bond acceptors (Lipinski definition) is 7. The molecule has 1 aliphatic carbocycles. The Morgan fingerprint density at radius 2 is 1.97 bits per heavy atom. The molecule has 4 aromatic rings. The summed E-state index contributed by atoms with van der Waals surface area (Å²) in [5.74, 6) is -0.168. The van der Waals surface area contributed by atoms with Crippen LogP contribution in [0.3, 0.4) is 0 Å². The number of aromatic nitrogens is 3. The number of thiazole rings is 1. The minimum Gasteiger partial charge on any atom is -0.424 e. The lowest BCUT2D eigenvalue weighted by Gasteiger charge is -2.06. The zero-order chi connectivity index (χ0) is 21.4. The number of carbonyl (C=O) groups is 1. The molecule has 0 unspecified atom stereocenters. The Labute approximate surface area is 180 Å². The lowest BCUT2D eigenvalue weighted by atomic mass is 10.1. The fourth-order valence-corrected chi connectivity index (χ4v) is 4.31. The first-order valence-electron chi connectivity index (χ1n) is 9.72. The third kappa shape index (κ3) is 3.90. The van der Waals surface area contributed by atoms with E-state index < -0.39 is 5.54 Å². The smallest absolute Gasteiger partial charge is 0.230 e. The first-order chi connectivity index (χ1) is 15.0. The second-order valence-electron chi connectivity index (χ2n) is 7.43. The fourth-order valence-electron chi connectivity index (χ4n) is 3.32. The van der Waals surface area contributed by atoms with E-state index in [4.69, 9.17) is 9.68 Å². The van der Waals surface area contributed by atoms with Gasteiger partial charge in [-0.15, -0.1) is 21.5 Å². The number of benzene rings is 2. The van der Waals surface area contributed by atoms with Crippen molar-refractivity contribution >= 4 is 27.5 Å². The minimum absolute atomic E-state index is 0.0919. The number of halogens is 1. The number of hydrogen-bond donors (Lipinski definition) is 1. The molecule has 2 heterocycles. The molecule has 0 aliphatic heterocycles. The van der Waals surface area contributed by atoms with Gasteiger partial charge in [0.25, 0.3) is 0 Å². The van der Waals surface area contributed by atoms with Crippen LogP contribution >= 0.6 is 11.3 Å². The molecule has 0 bridgehead atoms. The molecule has 1 N–H and O–H groups in total. The Morgan fingerprint density at radius 3 is 2.71 bits per heavy atom. The normalized spacial score (nSPS) is 14.3. The number of rotatable bonds is 6. The van der Waals surface area contributed by atoms with Crippen molar-refractivity contribution in [3.05, 3.63) is 65.1 Å². The van der Waals surface area contributed by atoms with Gasteiger partial charge < -0.3 is 9.73 Å². The van der Waals surface area contributed by atoms with E-state index in [-0.39, 0.29) is 30.5 Å². The third-order valence-corrected chi connectivity index (χ3v) is 6.16. The monoisotopic (exact) mass is 433 g/mol. The van der Waals surface area contributed by atoms with Crippen LogP contribution in [-0.2, 0) is 17.6 Å². The molecular formula is C22H16FN5O2S. The van der Waals surface area contributed by atoms with E-state index >= 15 is 4.39 Å². The number of nitrogens with one attached hydrogen (secondary N) is 1. The summed E-state index contributed by atoms with van der Waals surface area (Å²) >= 11 is 1.24. The van der Waals surface area contributed by atoms with E-state index in [9.17, 15) is 4.79 Å². The minimum atomic E-state index is -0.733. The van der Waals surface area contributed by atoms with E-state index in [1.807, 2.05) is 30.3 Å². The second-order valence-corrected chi connectivity index (χ2v) is 8.52.